The maximum absolute atomic E-state index is 13.9. The van der Waals surface area contributed by atoms with Crippen molar-refractivity contribution in [3.8, 4) is 11.4 Å². The van der Waals surface area contributed by atoms with E-state index in [1.807, 2.05) is 34.9 Å². The van der Waals surface area contributed by atoms with Gasteiger partial charge in [-0.05, 0) is 36.6 Å². The number of hydrogen-bond acceptors (Lipinski definition) is 5. The Balaban J connectivity index is 1.72. The standard InChI is InChI=1S/C22H25FN4O2S/c1-16(2)12-13-24-21(28)15-30-22-26-25-20(27(22)17-8-4-3-5-9-17)14-29-19-11-7-6-10-18(19)23/h3-11,16H,12-15H2,1-2H3,(H,24,28). The molecular formula is C22H25FN4O2S. The van der Waals surface area contributed by atoms with Crippen molar-refractivity contribution >= 4 is 17.7 Å². The molecule has 1 amide bonds. The second-order valence-electron chi connectivity index (χ2n) is 7.11. The number of amides is 1. The zero-order valence-electron chi connectivity index (χ0n) is 17.0. The van der Waals surface area contributed by atoms with Gasteiger partial charge in [0.2, 0.25) is 5.91 Å². The van der Waals surface area contributed by atoms with Gasteiger partial charge in [-0.25, -0.2) is 4.39 Å². The van der Waals surface area contributed by atoms with Crippen LogP contribution in [0.25, 0.3) is 5.69 Å². The van der Waals surface area contributed by atoms with Gasteiger partial charge in [0.25, 0.3) is 0 Å². The summed E-state index contributed by atoms with van der Waals surface area (Å²) in [6.45, 7) is 4.94. The third kappa shape index (κ3) is 6.06. The van der Waals surface area contributed by atoms with Crippen LogP contribution in [0.5, 0.6) is 5.75 Å². The Hall–Kier alpha value is -2.87. The molecule has 0 radical (unpaired) electrons. The SMILES string of the molecule is CC(C)CCNC(=O)CSc1nnc(COc2ccccc2F)n1-c1ccccc1. The van der Waals surface area contributed by atoms with Gasteiger partial charge in [0.15, 0.2) is 22.5 Å². The van der Waals surface area contributed by atoms with Crippen LogP contribution >= 0.6 is 11.8 Å². The summed E-state index contributed by atoms with van der Waals surface area (Å²) < 4.78 is 21.3. The van der Waals surface area contributed by atoms with Gasteiger partial charge >= 0.3 is 0 Å². The van der Waals surface area contributed by atoms with Crippen LogP contribution < -0.4 is 10.1 Å². The monoisotopic (exact) mass is 428 g/mol. The fourth-order valence-corrected chi connectivity index (χ4v) is 3.51. The number of nitrogens with zero attached hydrogens (tertiary/aromatic N) is 3. The van der Waals surface area contributed by atoms with Crippen molar-refractivity contribution < 1.29 is 13.9 Å². The first-order valence-corrected chi connectivity index (χ1v) is 10.8. The summed E-state index contributed by atoms with van der Waals surface area (Å²) in [5.41, 5.74) is 0.845. The van der Waals surface area contributed by atoms with Crippen molar-refractivity contribution in [2.75, 3.05) is 12.3 Å². The van der Waals surface area contributed by atoms with Crippen LogP contribution in [0.4, 0.5) is 4.39 Å². The number of para-hydroxylation sites is 2. The Labute approximate surface area is 179 Å². The second kappa shape index (κ2) is 10.8. The summed E-state index contributed by atoms with van der Waals surface area (Å²) in [5.74, 6) is 0.961. The Morgan fingerprint density at radius 2 is 1.87 bits per heavy atom. The van der Waals surface area contributed by atoms with Crippen molar-refractivity contribution in [1.29, 1.82) is 0 Å². The van der Waals surface area contributed by atoms with Crippen LogP contribution in [0.15, 0.2) is 59.8 Å². The molecule has 0 spiro atoms. The van der Waals surface area contributed by atoms with E-state index in [0.717, 1.165) is 12.1 Å². The van der Waals surface area contributed by atoms with E-state index in [9.17, 15) is 9.18 Å². The molecule has 158 valence electrons. The molecular weight excluding hydrogens is 403 g/mol. The van der Waals surface area contributed by atoms with Crippen LogP contribution in [-0.4, -0.2) is 33.0 Å². The van der Waals surface area contributed by atoms with Crippen LogP contribution in [0.3, 0.4) is 0 Å². The molecule has 0 saturated carbocycles. The first-order valence-electron chi connectivity index (χ1n) is 9.81. The predicted octanol–water partition coefficient (Wildman–Crippen LogP) is 4.24. The van der Waals surface area contributed by atoms with Gasteiger partial charge in [0.05, 0.1) is 5.75 Å². The average molecular weight is 429 g/mol. The molecule has 1 aromatic heterocycles. The number of ether oxygens (including phenoxy) is 1. The topological polar surface area (TPSA) is 69.0 Å². The van der Waals surface area contributed by atoms with E-state index in [-0.39, 0.29) is 24.0 Å². The predicted molar refractivity (Wildman–Crippen MR) is 115 cm³/mol. The van der Waals surface area contributed by atoms with Gasteiger partial charge in [-0.1, -0.05) is 55.9 Å². The third-order valence-corrected chi connectivity index (χ3v) is 5.21. The molecule has 3 aromatic rings. The molecule has 3 rings (SSSR count). The Morgan fingerprint density at radius 3 is 2.60 bits per heavy atom. The number of nitrogens with one attached hydrogen (secondary N) is 1. The van der Waals surface area contributed by atoms with E-state index in [0.29, 0.717) is 23.4 Å². The summed E-state index contributed by atoms with van der Waals surface area (Å²) in [4.78, 5) is 12.1. The highest BCUT2D eigenvalue weighted by Crippen LogP contribution is 2.23. The summed E-state index contributed by atoms with van der Waals surface area (Å²) in [6.07, 6.45) is 0.939. The molecule has 30 heavy (non-hydrogen) atoms. The molecule has 0 aliphatic carbocycles. The molecule has 8 heteroatoms. The number of carbonyl (C=O) groups is 1. The Bertz CT molecular complexity index is 963. The number of benzene rings is 2. The lowest BCUT2D eigenvalue weighted by atomic mass is 10.1. The number of hydrogen-bond donors (Lipinski definition) is 1. The summed E-state index contributed by atoms with van der Waals surface area (Å²) in [6, 6.07) is 15.8. The summed E-state index contributed by atoms with van der Waals surface area (Å²) in [5, 5.41) is 11.9. The molecule has 1 N–H and O–H groups in total. The lowest BCUT2D eigenvalue weighted by molar-refractivity contribution is -0.118. The highest BCUT2D eigenvalue weighted by atomic mass is 32.2. The molecule has 6 nitrogen and oxygen atoms in total. The van der Waals surface area contributed by atoms with Crippen molar-refractivity contribution in [3.05, 3.63) is 66.2 Å². The van der Waals surface area contributed by atoms with Gasteiger partial charge in [-0.15, -0.1) is 10.2 Å². The summed E-state index contributed by atoms with van der Waals surface area (Å²) >= 11 is 1.30. The van der Waals surface area contributed by atoms with E-state index in [4.69, 9.17) is 4.74 Å². The molecule has 0 aliphatic rings. The van der Waals surface area contributed by atoms with E-state index in [1.54, 1.807) is 18.2 Å². The van der Waals surface area contributed by atoms with Crippen molar-refractivity contribution in [1.82, 2.24) is 20.1 Å². The molecule has 0 atom stereocenters. The third-order valence-electron chi connectivity index (χ3n) is 4.28. The summed E-state index contributed by atoms with van der Waals surface area (Å²) in [7, 11) is 0. The molecule has 0 unspecified atom stereocenters. The lowest BCUT2D eigenvalue weighted by Gasteiger charge is -2.11. The van der Waals surface area contributed by atoms with Crippen molar-refractivity contribution in [2.24, 2.45) is 5.92 Å². The highest BCUT2D eigenvalue weighted by molar-refractivity contribution is 7.99. The van der Waals surface area contributed by atoms with Crippen molar-refractivity contribution in [2.45, 2.75) is 32.0 Å². The molecule has 2 aromatic carbocycles. The van der Waals surface area contributed by atoms with Crippen LogP contribution in [-0.2, 0) is 11.4 Å². The minimum Gasteiger partial charge on any atom is -0.483 e. The minimum absolute atomic E-state index is 0.0456. The minimum atomic E-state index is -0.434. The maximum Gasteiger partial charge on any atom is 0.230 e. The smallest absolute Gasteiger partial charge is 0.230 e. The normalized spacial score (nSPS) is 10.9. The highest BCUT2D eigenvalue weighted by Gasteiger charge is 2.17. The fraction of sp³-hybridized carbons (Fsp3) is 0.318. The lowest BCUT2D eigenvalue weighted by Crippen LogP contribution is -2.27. The second-order valence-corrected chi connectivity index (χ2v) is 8.05. The molecule has 0 fully saturated rings. The largest absolute Gasteiger partial charge is 0.483 e. The molecule has 1 heterocycles. The van der Waals surface area contributed by atoms with Gasteiger partial charge in [0.1, 0.15) is 6.61 Å². The maximum atomic E-state index is 13.9. The Kier molecular flexibility index (Phi) is 7.84. The van der Waals surface area contributed by atoms with Gasteiger partial charge in [0, 0.05) is 12.2 Å². The first kappa shape index (κ1) is 21.8. The molecule has 0 bridgehead atoms. The number of rotatable bonds is 10. The van der Waals surface area contributed by atoms with Crippen LogP contribution in [0.1, 0.15) is 26.1 Å². The van der Waals surface area contributed by atoms with E-state index < -0.39 is 5.82 Å². The first-order chi connectivity index (χ1) is 14.5. The van der Waals surface area contributed by atoms with Crippen LogP contribution in [0, 0.1) is 11.7 Å². The average Bonchev–Trinajstić information content (AvgIpc) is 3.15. The van der Waals surface area contributed by atoms with E-state index >= 15 is 0 Å². The van der Waals surface area contributed by atoms with E-state index in [2.05, 4.69) is 29.4 Å². The van der Waals surface area contributed by atoms with Gasteiger partial charge in [-0.3, -0.25) is 9.36 Å². The zero-order chi connectivity index (χ0) is 21.3. The van der Waals surface area contributed by atoms with Crippen LogP contribution in [0.2, 0.25) is 0 Å². The Morgan fingerprint density at radius 1 is 1.13 bits per heavy atom. The number of halogens is 1. The van der Waals surface area contributed by atoms with Gasteiger partial charge in [-0.2, -0.15) is 0 Å². The number of carbonyl (C=O) groups excluding carboxylic acids is 1. The number of thioether (sulfide) groups is 1. The van der Waals surface area contributed by atoms with Crippen molar-refractivity contribution in [3.63, 3.8) is 0 Å². The number of aromatic nitrogens is 3. The quantitative estimate of drug-likeness (QED) is 0.489. The van der Waals surface area contributed by atoms with E-state index in [1.165, 1.54) is 17.8 Å². The molecule has 0 saturated heterocycles. The zero-order valence-corrected chi connectivity index (χ0v) is 17.9. The molecule has 0 aliphatic heterocycles. The fourth-order valence-electron chi connectivity index (χ4n) is 2.71. The van der Waals surface area contributed by atoms with Gasteiger partial charge < -0.3 is 10.1 Å².